The lowest BCUT2D eigenvalue weighted by molar-refractivity contribution is -0.113. The number of anilines is 1. The first-order valence-electron chi connectivity index (χ1n) is 6.24. The van der Waals surface area contributed by atoms with E-state index < -0.39 is 0 Å². The molecule has 1 aliphatic rings. The summed E-state index contributed by atoms with van der Waals surface area (Å²) < 4.78 is 1.66. The van der Waals surface area contributed by atoms with Crippen LogP contribution in [0.25, 0.3) is 5.76 Å². The first-order chi connectivity index (χ1) is 10.1. The molecule has 0 spiro atoms. The quantitative estimate of drug-likeness (QED) is 0.832. The maximum atomic E-state index is 12.4. The van der Waals surface area contributed by atoms with Gasteiger partial charge in [0, 0.05) is 28.6 Å². The van der Waals surface area contributed by atoms with Crippen LogP contribution in [0.4, 0.5) is 5.13 Å². The van der Waals surface area contributed by atoms with Gasteiger partial charge >= 0.3 is 0 Å². The Hall–Kier alpha value is -1.99. The van der Waals surface area contributed by atoms with E-state index in [2.05, 4.69) is 10.3 Å². The third kappa shape index (κ3) is 2.62. The van der Waals surface area contributed by atoms with E-state index in [4.69, 9.17) is 0 Å². The van der Waals surface area contributed by atoms with Crippen LogP contribution in [0, 0.1) is 6.92 Å². The maximum absolute atomic E-state index is 12.4. The molecule has 1 amide bonds. The van der Waals surface area contributed by atoms with Gasteiger partial charge in [0.25, 0.3) is 5.91 Å². The number of rotatable bonds is 2. The van der Waals surface area contributed by atoms with Gasteiger partial charge in [0.2, 0.25) is 0 Å². The van der Waals surface area contributed by atoms with E-state index in [1.165, 1.54) is 23.3 Å². The number of amides is 1. The van der Waals surface area contributed by atoms with Crippen molar-refractivity contribution in [1.82, 2.24) is 9.29 Å². The minimum absolute atomic E-state index is 0.0161. The van der Waals surface area contributed by atoms with E-state index in [-0.39, 0.29) is 17.4 Å². The lowest BCUT2D eigenvalue weighted by Crippen LogP contribution is -2.27. The first kappa shape index (κ1) is 14.0. The molecule has 0 saturated heterocycles. The van der Waals surface area contributed by atoms with Gasteiger partial charge in [-0.1, -0.05) is 12.1 Å². The van der Waals surface area contributed by atoms with Crippen LogP contribution in [0.15, 0.2) is 41.1 Å². The molecule has 3 rings (SSSR count). The summed E-state index contributed by atoms with van der Waals surface area (Å²) in [6, 6.07) is 7.44. The molecule has 0 aliphatic carbocycles. The predicted octanol–water partition coefficient (Wildman–Crippen LogP) is 3.27. The summed E-state index contributed by atoms with van der Waals surface area (Å²) in [5.74, 6) is -0.385. The number of nitrogens with zero attached hydrogens (tertiary/aromatic N) is 2. The molecule has 2 aromatic rings. The van der Waals surface area contributed by atoms with Gasteiger partial charge in [0.05, 0.1) is 0 Å². The second-order valence-corrected chi connectivity index (χ2v) is 6.92. The largest absolute Gasteiger partial charge is 0.505 e. The zero-order valence-electron chi connectivity index (χ0n) is 11.5. The van der Waals surface area contributed by atoms with Crippen LogP contribution in [0.5, 0.6) is 0 Å². The number of aliphatic hydroxyl groups is 1. The molecular formula is C14H13N3O2S2. The highest BCUT2D eigenvalue weighted by atomic mass is 32.2. The smallest absolute Gasteiger partial charge is 0.278 e. The lowest BCUT2D eigenvalue weighted by atomic mass is 10.1. The number of thiazole rings is 1. The number of nitrogens with one attached hydrogen (secondary N) is 1. The van der Waals surface area contributed by atoms with Crippen molar-refractivity contribution in [2.24, 2.45) is 0 Å². The van der Waals surface area contributed by atoms with Crippen LogP contribution in [0.3, 0.4) is 0 Å². The number of hydrogen-bond donors (Lipinski definition) is 2. The van der Waals surface area contributed by atoms with Crippen molar-refractivity contribution >= 4 is 40.1 Å². The number of fused-ring (bicyclic) bond motifs is 1. The van der Waals surface area contributed by atoms with Crippen LogP contribution in [-0.2, 0) is 4.79 Å². The average Bonchev–Trinajstić information content (AvgIpc) is 2.84. The standard InChI is InChI=1S/C14H13N3O2S2/c1-8-7-15-14(20-8)16-13(19)11-12(18)9-5-3-4-6-10(9)21-17(11)2/h3-7,18H,1-2H3,(H,15,16,19). The van der Waals surface area contributed by atoms with Gasteiger partial charge in [-0.3, -0.25) is 10.1 Å². The molecule has 2 heterocycles. The summed E-state index contributed by atoms with van der Waals surface area (Å²) in [6.45, 7) is 1.92. The topological polar surface area (TPSA) is 65.5 Å². The molecule has 108 valence electrons. The number of hydrogen-bond acceptors (Lipinski definition) is 6. The van der Waals surface area contributed by atoms with E-state index >= 15 is 0 Å². The Labute approximate surface area is 130 Å². The molecule has 2 N–H and O–H groups in total. The average molecular weight is 319 g/mol. The molecule has 1 aliphatic heterocycles. The Morgan fingerprint density at radius 1 is 1.38 bits per heavy atom. The van der Waals surface area contributed by atoms with Gasteiger partial charge in [0.15, 0.2) is 16.6 Å². The van der Waals surface area contributed by atoms with Gasteiger partial charge in [0.1, 0.15) is 0 Å². The predicted molar refractivity (Wildman–Crippen MR) is 85.1 cm³/mol. The molecule has 1 aromatic carbocycles. The summed E-state index contributed by atoms with van der Waals surface area (Å²) in [6.07, 6.45) is 1.70. The highest BCUT2D eigenvalue weighted by Crippen LogP contribution is 2.38. The fourth-order valence-electron chi connectivity index (χ4n) is 2.03. The van der Waals surface area contributed by atoms with Gasteiger partial charge < -0.3 is 9.41 Å². The second kappa shape index (κ2) is 5.42. The molecule has 21 heavy (non-hydrogen) atoms. The highest BCUT2D eigenvalue weighted by molar-refractivity contribution is 7.97. The van der Waals surface area contributed by atoms with Gasteiger partial charge in [-0.25, -0.2) is 4.98 Å². The molecule has 0 radical (unpaired) electrons. The SMILES string of the molecule is Cc1cnc(NC(=O)C2=C(O)c3ccccc3SN2C)s1. The van der Waals surface area contributed by atoms with Gasteiger partial charge in [-0.15, -0.1) is 11.3 Å². The molecule has 5 nitrogen and oxygen atoms in total. The minimum atomic E-state index is -0.369. The third-order valence-corrected chi connectivity index (χ3v) is 4.81. The van der Waals surface area contributed by atoms with Crippen molar-refractivity contribution < 1.29 is 9.90 Å². The summed E-state index contributed by atoms with van der Waals surface area (Å²) in [5.41, 5.74) is 0.896. The van der Waals surface area contributed by atoms with Gasteiger partial charge in [-0.2, -0.15) is 0 Å². The van der Waals surface area contributed by atoms with Crippen molar-refractivity contribution in [3.05, 3.63) is 46.6 Å². The number of aryl methyl sites for hydroxylation is 1. The second-order valence-electron chi connectivity index (χ2n) is 4.51. The molecule has 0 saturated carbocycles. The summed E-state index contributed by atoms with van der Waals surface area (Å²) >= 11 is 2.80. The molecule has 0 bridgehead atoms. The summed E-state index contributed by atoms with van der Waals surface area (Å²) in [7, 11) is 1.75. The number of aromatic nitrogens is 1. The zero-order valence-corrected chi connectivity index (χ0v) is 13.1. The molecule has 1 aromatic heterocycles. The van der Waals surface area contributed by atoms with Crippen molar-refractivity contribution in [3.8, 4) is 0 Å². The van der Waals surface area contributed by atoms with E-state index in [0.717, 1.165) is 9.77 Å². The molecule has 0 unspecified atom stereocenters. The Morgan fingerprint density at radius 3 is 2.86 bits per heavy atom. The van der Waals surface area contributed by atoms with Crippen molar-refractivity contribution in [1.29, 1.82) is 0 Å². The van der Waals surface area contributed by atoms with E-state index in [1.807, 2.05) is 25.1 Å². The summed E-state index contributed by atoms with van der Waals surface area (Å²) in [4.78, 5) is 18.4. The molecule has 0 fully saturated rings. The van der Waals surface area contributed by atoms with Crippen molar-refractivity contribution in [2.45, 2.75) is 11.8 Å². The molecule has 0 atom stereocenters. The Kier molecular flexibility index (Phi) is 3.60. The maximum Gasteiger partial charge on any atom is 0.278 e. The number of aliphatic hydroxyl groups excluding tert-OH is 1. The van der Waals surface area contributed by atoms with Crippen LogP contribution in [-0.4, -0.2) is 27.4 Å². The number of carbonyl (C=O) groups excluding carboxylic acids is 1. The fraction of sp³-hybridized carbons (Fsp3) is 0.143. The number of carbonyl (C=O) groups is 1. The molecule has 7 heteroatoms. The lowest BCUT2D eigenvalue weighted by Gasteiger charge is -2.27. The zero-order chi connectivity index (χ0) is 15.0. The summed E-state index contributed by atoms with van der Waals surface area (Å²) in [5, 5.41) is 13.6. The van der Waals surface area contributed by atoms with Gasteiger partial charge in [-0.05, 0) is 31.0 Å². The Balaban J connectivity index is 1.94. The Morgan fingerprint density at radius 2 is 2.14 bits per heavy atom. The van der Waals surface area contributed by atoms with E-state index in [1.54, 1.807) is 23.6 Å². The highest BCUT2D eigenvalue weighted by Gasteiger charge is 2.28. The first-order valence-corrected chi connectivity index (χ1v) is 7.83. The number of likely N-dealkylation sites (N-methyl/N-ethyl adjacent to an activating group) is 1. The van der Waals surface area contributed by atoms with Crippen molar-refractivity contribution in [3.63, 3.8) is 0 Å². The third-order valence-electron chi connectivity index (χ3n) is 2.97. The number of benzene rings is 1. The van der Waals surface area contributed by atoms with Crippen molar-refractivity contribution in [2.75, 3.05) is 12.4 Å². The van der Waals surface area contributed by atoms with Crippen LogP contribution in [0.1, 0.15) is 10.4 Å². The molecular weight excluding hydrogens is 306 g/mol. The van der Waals surface area contributed by atoms with Crippen LogP contribution in [0.2, 0.25) is 0 Å². The Bertz CT molecular complexity index is 739. The fourth-order valence-corrected chi connectivity index (χ4v) is 3.65. The van der Waals surface area contributed by atoms with Crippen LogP contribution >= 0.6 is 23.3 Å². The van der Waals surface area contributed by atoms with E-state index in [0.29, 0.717) is 10.7 Å². The minimum Gasteiger partial charge on any atom is -0.505 e. The monoisotopic (exact) mass is 319 g/mol. The van der Waals surface area contributed by atoms with E-state index in [9.17, 15) is 9.90 Å². The normalized spacial score (nSPS) is 14.1. The van der Waals surface area contributed by atoms with Crippen LogP contribution < -0.4 is 5.32 Å².